The third kappa shape index (κ3) is 4.16. The van der Waals surface area contributed by atoms with Crippen LogP contribution in [-0.2, 0) is 16.4 Å². The number of sulfone groups is 1. The fourth-order valence-corrected chi connectivity index (χ4v) is 5.49. The molecule has 0 atom stereocenters. The topological polar surface area (TPSA) is 49.4 Å². The lowest BCUT2D eigenvalue weighted by Gasteiger charge is -2.30. The second kappa shape index (κ2) is 7.50. The molecule has 2 heterocycles. The van der Waals surface area contributed by atoms with Crippen LogP contribution in [0.5, 0.6) is 0 Å². The maximum Gasteiger partial charge on any atom is 0.181 e. The van der Waals surface area contributed by atoms with E-state index >= 15 is 0 Å². The number of piperazine rings is 1. The number of hydrogen-bond donors (Lipinski definition) is 1. The number of rotatable bonds is 5. The summed E-state index contributed by atoms with van der Waals surface area (Å²) in [6.45, 7) is 6.18. The van der Waals surface area contributed by atoms with E-state index in [1.807, 2.05) is 18.2 Å². The first kappa shape index (κ1) is 20.0. The number of halogens is 2. The molecule has 0 spiro atoms. The lowest BCUT2D eigenvalue weighted by atomic mass is 10.1. The maximum atomic E-state index is 12.5. The molecule has 2 saturated heterocycles. The van der Waals surface area contributed by atoms with Crippen molar-refractivity contribution in [2.75, 3.05) is 50.4 Å². The van der Waals surface area contributed by atoms with Crippen molar-refractivity contribution in [3.05, 3.63) is 52.0 Å². The van der Waals surface area contributed by atoms with Gasteiger partial charge in [-0.3, -0.25) is 4.48 Å². The molecule has 2 aliphatic rings. The highest BCUT2D eigenvalue weighted by Gasteiger charge is 2.47. The van der Waals surface area contributed by atoms with Gasteiger partial charge in [0.15, 0.2) is 15.5 Å². The molecule has 4 rings (SSSR count). The molecular formula is C20H24Cl2N3O2S+. The molecule has 0 radical (unpaired) electrons. The SMILES string of the molecule is CS(=O)(=O)c1ccc(N2CCNCC2)cc1[N+]1(Cc2cc(Cl)cc(Cl)c2)CC1. The van der Waals surface area contributed by atoms with Gasteiger partial charge < -0.3 is 10.2 Å². The number of hydrogen-bond acceptors (Lipinski definition) is 4. The first-order valence-corrected chi connectivity index (χ1v) is 12.0. The number of nitrogens with zero attached hydrogens (tertiary/aromatic N) is 2. The van der Waals surface area contributed by atoms with Gasteiger partial charge in [-0.1, -0.05) is 23.2 Å². The van der Waals surface area contributed by atoms with E-state index in [1.54, 1.807) is 12.1 Å². The zero-order valence-electron chi connectivity index (χ0n) is 15.8. The molecule has 2 aromatic rings. The van der Waals surface area contributed by atoms with Gasteiger partial charge in [0.25, 0.3) is 0 Å². The van der Waals surface area contributed by atoms with Gasteiger partial charge in [0.2, 0.25) is 0 Å². The predicted octanol–water partition coefficient (Wildman–Crippen LogP) is 3.33. The lowest BCUT2D eigenvalue weighted by molar-refractivity contribution is 0.521. The summed E-state index contributed by atoms with van der Waals surface area (Å²) in [5.74, 6) is 0. The molecule has 5 nitrogen and oxygen atoms in total. The van der Waals surface area contributed by atoms with Crippen LogP contribution in [0.4, 0.5) is 11.4 Å². The van der Waals surface area contributed by atoms with Gasteiger partial charge in [0.05, 0.1) is 0 Å². The van der Waals surface area contributed by atoms with Crippen molar-refractivity contribution < 1.29 is 8.42 Å². The van der Waals surface area contributed by atoms with Gasteiger partial charge in [-0.15, -0.1) is 0 Å². The Bertz CT molecular complexity index is 980. The summed E-state index contributed by atoms with van der Waals surface area (Å²) in [6.07, 6.45) is 1.28. The smallest absolute Gasteiger partial charge is 0.181 e. The molecule has 2 aromatic carbocycles. The van der Waals surface area contributed by atoms with Gasteiger partial charge in [0, 0.05) is 59.8 Å². The number of quaternary nitrogens is 1. The van der Waals surface area contributed by atoms with E-state index in [0.717, 1.165) is 56.2 Å². The van der Waals surface area contributed by atoms with Crippen LogP contribution in [0.3, 0.4) is 0 Å². The highest BCUT2D eigenvalue weighted by atomic mass is 35.5. The predicted molar refractivity (Wildman–Crippen MR) is 116 cm³/mol. The minimum Gasteiger partial charge on any atom is -0.369 e. The van der Waals surface area contributed by atoms with Crippen LogP contribution in [0, 0.1) is 0 Å². The molecule has 2 aliphatic heterocycles. The van der Waals surface area contributed by atoms with Crippen molar-refractivity contribution in [2.24, 2.45) is 0 Å². The number of anilines is 1. The zero-order valence-corrected chi connectivity index (χ0v) is 18.1. The van der Waals surface area contributed by atoms with E-state index in [9.17, 15) is 8.42 Å². The Morgan fingerprint density at radius 1 is 1.04 bits per heavy atom. The summed E-state index contributed by atoms with van der Waals surface area (Å²) < 4.78 is 25.6. The second-order valence-electron chi connectivity index (χ2n) is 7.69. The summed E-state index contributed by atoms with van der Waals surface area (Å²) >= 11 is 12.4. The summed E-state index contributed by atoms with van der Waals surface area (Å²) in [5.41, 5.74) is 2.97. The molecule has 0 bridgehead atoms. The third-order valence-electron chi connectivity index (χ3n) is 5.51. The second-order valence-corrected chi connectivity index (χ2v) is 10.5. The third-order valence-corrected chi connectivity index (χ3v) is 7.09. The van der Waals surface area contributed by atoms with Crippen molar-refractivity contribution in [1.29, 1.82) is 0 Å². The minimum absolute atomic E-state index is 0.414. The monoisotopic (exact) mass is 440 g/mol. The molecular weight excluding hydrogens is 417 g/mol. The zero-order chi connectivity index (χ0) is 19.9. The largest absolute Gasteiger partial charge is 0.369 e. The van der Waals surface area contributed by atoms with E-state index < -0.39 is 9.84 Å². The van der Waals surface area contributed by atoms with Gasteiger partial charge in [-0.05, 0) is 30.3 Å². The first-order valence-electron chi connectivity index (χ1n) is 9.38. The molecule has 0 aromatic heterocycles. The molecule has 2 fully saturated rings. The molecule has 0 saturated carbocycles. The van der Waals surface area contributed by atoms with E-state index in [0.29, 0.717) is 26.0 Å². The highest BCUT2D eigenvalue weighted by molar-refractivity contribution is 7.90. The Hall–Kier alpha value is -1.31. The first-order chi connectivity index (χ1) is 13.3. The fraction of sp³-hybridized carbons (Fsp3) is 0.400. The normalized spacial score (nSPS) is 18.9. The summed E-state index contributed by atoms with van der Waals surface area (Å²) in [4.78, 5) is 2.72. The molecule has 0 aliphatic carbocycles. The average molecular weight is 441 g/mol. The van der Waals surface area contributed by atoms with E-state index in [2.05, 4.69) is 16.3 Å². The molecule has 1 N–H and O–H groups in total. The van der Waals surface area contributed by atoms with E-state index in [-0.39, 0.29) is 0 Å². The minimum atomic E-state index is -3.33. The molecule has 150 valence electrons. The van der Waals surface area contributed by atoms with Crippen LogP contribution in [0.25, 0.3) is 0 Å². The van der Waals surface area contributed by atoms with E-state index in [4.69, 9.17) is 23.2 Å². The Balaban J connectivity index is 1.75. The number of nitrogens with one attached hydrogen (secondary N) is 1. The summed E-state index contributed by atoms with van der Waals surface area (Å²) in [5, 5.41) is 4.55. The van der Waals surface area contributed by atoms with Gasteiger partial charge in [-0.2, -0.15) is 0 Å². The molecule has 28 heavy (non-hydrogen) atoms. The van der Waals surface area contributed by atoms with Crippen LogP contribution in [0.1, 0.15) is 5.56 Å². The Kier molecular flexibility index (Phi) is 5.35. The Morgan fingerprint density at radius 3 is 2.25 bits per heavy atom. The van der Waals surface area contributed by atoms with Crippen LogP contribution in [0.2, 0.25) is 10.0 Å². The van der Waals surface area contributed by atoms with Crippen molar-refractivity contribution >= 4 is 44.4 Å². The van der Waals surface area contributed by atoms with Crippen LogP contribution >= 0.6 is 23.2 Å². The quantitative estimate of drug-likeness (QED) is 0.572. The standard InChI is InChI=1S/C20H24Cl2N3O2S/c1-28(26,27)20-3-2-18(24-6-4-23-5-7-24)13-19(20)25(8-9-25)14-15-10-16(21)12-17(22)11-15/h2-3,10-13,23H,4-9,14H2,1H3/q+1. The van der Waals surface area contributed by atoms with Crippen LogP contribution in [-0.4, -0.2) is 53.9 Å². The maximum absolute atomic E-state index is 12.5. The average Bonchev–Trinajstić information content (AvgIpc) is 3.41. The van der Waals surface area contributed by atoms with Gasteiger partial charge in [-0.25, -0.2) is 8.42 Å². The van der Waals surface area contributed by atoms with Crippen LogP contribution < -0.4 is 14.7 Å². The van der Waals surface area contributed by atoms with Gasteiger partial charge in [0.1, 0.15) is 24.5 Å². The van der Waals surface area contributed by atoms with Crippen molar-refractivity contribution in [3.63, 3.8) is 0 Å². The Morgan fingerprint density at radius 2 is 1.68 bits per heavy atom. The fourth-order valence-electron chi connectivity index (χ4n) is 3.97. The summed E-state index contributed by atoms with van der Waals surface area (Å²) in [7, 11) is -3.33. The van der Waals surface area contributed by atoms with Crippen molar-refractivity contribution in [2.45, 2.75) is 11.4 Å². The lowest BCUT2D eigenvalue weighted by Crippen LogP contribution is -2.43. The van der Waals surface area contributed by atoms with Crippen LogP contribution in [0.15, 0.2) is 41.3 Å². The van der Waals surface area contributed by atoms with Crippen molar-refractivity contribution in [1.82, 2.24) is 9.80 Å². The highest BCUT2D eigenvalue weighted by Crippen LogP contribution is 2.42. The molecule has 0 amide bonds. The van der Waals surface area contributed by atoms with Crippen molar-refractivity contribution in [3.8, 4) is 0 Å². The molecule has 0 unspecified atom stereocenters. The Labute approximate surface area is 176 Å². The van der Waals surface area contributed by atoms with E-state index in [1.165, 1.54) is 6.26 Å². The van der Waals surface area contributed by atoms with Gasteiger partial charge >= 0.3 is 0 Å². The number of benzene rings is 2. The summed E-state index contributed by atoms with van der Waals surface area (Å²) in [6, 6.07) is 11.3. The molecule has 8 heteroatoms.